The highest BCUT2D eigenvalue weighted by Gasteiger charge is 2.20. The summed E-state index contributed by atoms with van der Waals surface area (Å²) in [6.45, 7) is 0.688. The summed E-state index contributed by atoms with van der Waals surface area (Å²) in [6.07, 6.45) is 4.63. The Bertz CT molecular complexity index is 373. The molecule has 1 aromatic carbocycles. The minimum absolute atomic E-state index is 0.417. The lowest BCUT2D eigenvalue weighted by atomic mass is 9.83. The molecule has 16 heavy (non-hydrogen) atoms. The quantitative estimate of drug-likeness (QED) is 0.845. The van der Waals surface area contributed by atoms with E-state index in [1.54, 1.807) is 0 Å². The number of ketones is 1. The SMILES string of the molecule is NCCc1cccc(C2CCCC(=O)C2)c1. The number of hydrogen-bond donors (Lipinski definition) is 1. The van der Waals surface area contributed by atoms with Gasteiger partial charge in [0.15, 0.2) is 0 Å². The monoisotopic (exact) mass is 217 g/mol. The zero-order chi connectivity index (χ0) is 11.4. The van der Waals surface area contributed by atoms with Crippen LogP contribution < -0.4 is 5.73 Å². The first-order valence-corrected chi connectivity index (χ1v) is 6.10. The van der Waals surface area contributed by atoms with Gasteiger partial charge in [0.2, 0.25) is 0 Å². The Morgan fingerprint density at radius 1 is 1.38 bits per heavy atom. The third-order valence-electron chi connectivity index (χ3n) is 3.34. The Morgan fingerprint density at radius 3 is 3.00 bits per heavy atom. The molecular formula is C14H19NO. The van der Waals surface area contributed by atoms with Crippen molar-refractivity contribution in [1.29, 1.82) is 0 Å². The van der Waals surface area contributed by atoms with Crippen LogP contribution in [0, 0.1) is 0 Å². The summed E-state index contributed by atoms with van der Waals surface area (Å²) < 4.78 is 0. The lowest BCUT2D eigenvalue weighted by molar-refractivity contribution is -0.120. The standard InChI is InChI=1S/C14H19NO/c15-8-7-11-3-1-4-12(9-11)13-5-2-6-14(16)10-13/h1,3-4,9,13H,2,5-8,10,15H2. The van der Waals surface area contributed by atoms with Gasteiger partial charge in [0.05, 0.1) is 0 Å². The van der Waals surface area contributed by atoms with Crippen molar-refractivity contribution in [3.05, 3.63) is 35.4 Å². The Kier molecular flexibility index (Phi) is 3.73. The zero-order valence-corrected chi connectivity index (χ0v) is 9.61. The Hall–Kier alpha value is -1.15. The average Bonchev–Trinajstić information content (AvgIpc) is 2.30. The van der Waals surface area contributed by atoms with Crippen molar-refractivity contribution in [1.82, 2.24) is 0 Å². The molecule has 2 rings (SSSR count). The summed E-state index contributed by atoms with van der Waals surface area (Å²) in [7, 11) is 0. The van der Waals surface area contributed by atoms with E-state index in [9.17, 15) is 4.79 Å². The van der Waals surface area contributed by atoms with Gasteiger partial charge in [0, 0.05) is 12.8 Å². The minimum Gasteiger partial charge on any atom is -0.330 e. The van der Waals surface area contributed by atoms with Crippen molar-refractivity contribution in [3.8, 4) is 0 Å². The van der Waals surface area contributed by atoms with Crippen LogP contribution in [-0.4, -0.2) is 12.3 Å². The largest absolute Gasteiger partial charge is 0.330 e. The summed E-state index contributed by atoms with van der Waals surface area (Å²) in [4.78, 5) is 11.4. The van der Waals surface area contributed by atoms with Gasteiger partial charge in [0.25, 0.3) is 0 Å². The molecule has 2 heteroatoms. The fourth-order valence-corrected chi connectivity index (χ4v) is 2.48. The molecule has 2 N–H and O–H groups in total. The summed E-state index contributed by atoms with van der Waals surface area (Å²) in [5.74, 6) is 0.861. The third kappa shape index (κ3) is 2.70. The van der Waals surface area contributed by atoms with Gasteiger partial charge in [-0.15, -0.1) is 0 Å². The fourth-order valence-electron chi connectivity index (χ4n) is 2.48. The molecule has 0 aliphatic heterocycles. The molecule has 0 aromatic heterocycles. The molecule has 0 radical (unpaired) electrons. The van der Waals surface area contributed by atoms with E-state index in [1.165, 1.54) is 11.1 Å². The second kappa shape index (κ2) is 5.26. The number of nitrogens with two attached hydrogens (primary N) is 1. The van der Waals surface area contributed by atoms with Gasteiger partial charge in [-0.05, 0) is 42.9 Å². The summed E-state index contributed by atoms with van der Waals surface area (Å²) in [5.41, 5.74) is 8.17. The highest BCUT2D eigenvalue weighted by atomic mass is 16.1. The molecule has 1 fully saturated rings. The molecule has 1 unspecified atom stereocenters. The van der Waals surface area contributed by atoms with E-state index < -0.39 is 0 Å². The Morgan fingerprint density at radius 2 is 2.25 bits per heavy atom. The van der Waals surface area contributed by atoms with Crippen LogP contribution in [0.15, 0.2) is 24.3 Å². The molecule has 0 amide bonds. The normalized spacial score (nSPS) is 21.1. The second-order valence-corrected chi connectivity index (χ2v) is 4.62. The van der Waals surface area contributed by atoms with Crippen LogP contribution in [-0.2, 0) is 11.2 Å². The summed E-state index contributed by atoms with van der Waals surface area (Å²) in [5, 5.41) is 0. The van der Waals surface area contributed by atoms with E-state index in [1.807, 2.05) is 0 Å². The molecule has 1 aromatic rings. The van der Waals surface area contributed by atoms with Gasteiger partial charge in [-0.2, -0.15) is 0 Å². The van der Waals surface area contributed by atoms with E-state index in [0.29, 0.717) is 18.2 Å². The van der Waals surface area contributed by atoms with Crippen LogP contribution >= 0.6 is 0 Å². The summed E-state index contributed by atoms with van der Waals surface area (Å²) >= 11 is 0. The van der Waals surface area contributed by atoms with Crippen LogP contribution in [0.1, 0.15) is 42.7 Å². The Labute approximate surface area is 96.8 Å². The Balaban J connectivity index is 2.12. The maximum atomic E-state index is 11.4. The first kappa shape index (κ1) is 11.3. The molecular weight excluding hydrogens is 198 g/mol. The zero-order valence-electron chi connectivity index (χ0n) is 9.61. The fraction of sp³-hybridized carbons (Fsp3) is 0.500. The molecule has 1 atom stereocenters. The lowest BCUT2D eigenvalue weighted by Crippen LogP contribution is -2.13. The van der Waals surface area contributed by atoms with Gasteiger partial charge >= 0.3 is 0 Å². The van der Waals surface area contributed by atoms with Crippen molar-refractivity contribution >= 4 is 5.78 Å². The third-order valence-corrected chi connectivity index (χ3v) is 3.34. The van der Waals surface area contributed by atoms with E-state index in [0.717, 1.165) is 32.1 Å². The number of hydrogen-bond acceptors (Lipinski definition) is 2. The predicted molar refractivity (Wildman–Crippen MR) is 65.4 cm³/mol. The van der Waals surface area contributed by atoms with Crippen molar-refractivity contribution in [2.45, 2.75) is 38.0 Å². The average molecular weight is 217 g/mol. The molecule has 0 heterocycles. The topological polar surface area (TPSA) is 43.1 Å². The summed E-state index contributed by atoms with van der Waals surface area (Å²) in [6, 6.07) is 8.56. The minimum atomic E-state index is 0.417. The van der Waals surface area contributed by atoms with Crippen LogP contribution in [0.4, 0.5) is 0 Å². The van der Waals surface area contributed by atoms with Gasteiger partial charge in [-0.25, -0.2) is 0 Å². The van der Waals surface area contributed by atoms with Crippen molar-refractivity contribution < 1.29 is 4.79 Å². The molecule has 86 valence electrons. The van der Waals surface area contributed by atoms with Crippen LogP contribution in [0.2, 0.25) is 0 Å². The van der Waals surface area contributed by atoms with Crippen LogP contribution in [0.25, 0.3) is 0 Å². The van der Waals surface area contributed by atoms with E-state index in [4.69, 9.17) is 5.73 Å². The van der Waals surface area contributed by atoms with Crippen LogP contribution in [0.5, 0.6) is 0 Å². The van der Waals surface area contributed by atoms with Gasteiger partial charge < -0.3 is 5.73 Å². The molecule has 1 aliphatic carbocycles. The van der Waals surface area contributed by atoms with Crippen molar-refractivity contribution in [2.24, 2.45) is 5.73 Å². The van der Waals surface area contributed by atoms with E-state index in [-0.39, 0.29) is 0 Å². The van der Waals surface area contributed by atoms with Crippen molar-refractivity contribution in [3.63, 3.8) is 0 Å². The maximum Gasteiger partial charge on any atom is 0.133 e. The van der Waals surface area contributed by atoms with Crippen LogP contribution in [0.3, 0.4) is 0 Å². The molecule has 0 bridgehead atoms. The lowest BCUT2D eigenvalue weighted by Gasteiger charge is -2.21. The van der Waals surface area contributed by atoms with E-state index >= 15 is 0 Å². The molecule has 0 spiro atoms. The first-order chi connectivity index (χ1) is 7.79. The van der Waals surface area contributed by atoms with E-state index in [2.05, 4.69) is 24.3 Å². The smallest absolute Gasteiger partial charge is 0.133 e. The second-order valence-electron chi connectivity index (χ2n) is 4.62. The number of carbonyl (C=O) groups is 1. The molecule has 1 aliphatic rings. The van der Waals surface area contributed by atoms with Gasteiger partial charge in [-0.3, -0.25) is 4.79 Å². The first-order valence-electron chi connectivity index (χ1n) is 6.10. The number of carbonyl (C=O) groups excluding carboxylic acids is 1. The molecule has 2 nitrogen and oxygen atoms in total. The molecule has 0 saturated heterocycles. The van der Waals surface area contributed by atoms with Crippen molar-refractivity contribution in [2.75, 3.05) is 6.54 Å². The highest BCUT2D eigenvalue weighted by Crippen LogP contribution is 2.31. The molecule has 1 saturated carbocycles. The highest BCUT2D eigenvalue weighted by molar-refractivity contribution is 5.80. The number of benzene rings is 1. The maximum absolute atomic E-state index is 11.4. The predicted octanol–water partition coefficient (Wildman–Crippen LogP) is 2.41. The number of Topliss-reactive ketones (excluding diaryl/α,β-unsaturated/α-hetero) is 1. The van der Waals surface area contributed by atoms with Gasteiger partial charge in [-0.1, -0.05) is 24.3 Å². The number of rotatable bonds is 3. The van der Waals surface area contributed by atoms with Gasteiger partial charge in [0.1, 0.15) is 5.78 Å².